The van der Waals surface area contributed by atoms with E-state index in [1.165, 1.54) is 64.5 Å². The van der Waals surface area contributed by atoms with E-state index in [9.17, 15) is 0 Å². The Morgan fingerprint density at radius 2 is 1.84 bits per heavy atom. The molecule has 5 atom stereocenters. The van der Waals surface area contributed by atoms with E-state index in [2.05, 4.69) is 55.4 Å². The number of unbranched alkanes of at least 4 members (excludes halogenated alkanes) is 1. The molecule has 1 aliphatic heterocycles. The molecule has 0 radical (unpaired) electrons. The standard InChI is InChI=1S/C21H44N4/c1-17-9-8-14-25(5)21(18(2)15-17)10-6-7-13-24(4)16-23-20-12-11-19(20)22-3/h17-23H,6-16H2,1-5H3. The van der Waals surface area contributed by atoms with Crippen molar-refractivity contribution in [3.05, 3.63) is 0 Å². The third-order valence-electron chi connectivity index (χ3n) is 6.76. The van der Waals surface area contributed by atoms with Crippen molar-refractivity contribution in [2.24, 2.45) is 11.8 Å². The summed E-state index contributed by atoms with van der Waals surface area (Å²) in [6.07, 6.45) is 10.9. The summed E-state index contributed by atoms with van der Waals surface area (Å²) >= 11 is 0. The Balaban J connectivity index is 1.60. The van der Waals surface area contributed by atoms with Crippen LogP contribution in [0.1, 0.15) is 65.2 Å². The maximum absolute atomic E-state index is 3.70. The van der Waals surface area contributed by atoms with Crippen molar-refractivity contribution in [3.8, 4) is 0 Å². The molecule has 148 valence electrons. The van der Waals surface area contributed by atoms with Crippen LogP contribution < -0.4 is 10.6 Å². The van der Waals surface area contributed by atoms with Gasteiger partial charge in [0.05, 0.1) is 0 Å². The van der Waals surface area contributed by atoms with Crippen LogP contribution in [0.3, 0.4) is 0 Å². The predicted octanol–water partition coefficient (Wildman–Crippen LogP) is 3.14. The normalized spacial score (nSPS) is 34.6. The minimum atomic E-state index is 0.680. The number of likely N-dealkylation sites (tertiary alicyclic amines) is 1. The second kappa shape index (κ2) is 10.9. The summed E-state index contributed by atoms with van der Waals surface area (Å²) in [4.78, 5) is 5.11. The van der Waals surface area contributed by atoms with Crippen molar-refractivity contribution in [1.82, 2.24) is 20.4 Å². The molecule has 2 rings (SSSR count). The second-order valence-electron chi connectivity index (χ2n) is 9.03. The van der Waals surface area contributed by atoms with Crippen LogP contribution in [0, 0.1) is 11.8 Å². The van der Waals surface area contributed by atoms with E-state index in [4.69, 9.17) is 0 Å². The van der Waals surface area contributed by atoms with E-state index in [0.29, 0.717) is 12.1 Å². The summed E-state index contributed by atoms with van der Waals surface area (Å²) in [5, 5.41) is 7.10. The van der Waals surface area contributed by atoms with Gasteiger partial charge in [-0.25, -0.2) is 0 Å². The highest BCUT2D eigenvalue weighted by molar-refractivity contribution is 4.91. The average Bonchev–Trinajstić information content (AvgIpc) is 2.53. The number of nitrogens with zero attached hydrogens (tertiary/aromatic N) is 2. The molecular formula is C21H44N4. The second-order valence-corrected chi connectivity index (χ2v) is 9.03. The van der Waals surface area contributed by atoms with E-state index in [1.807, 2.05) is 0 Å². The van der Waals surface area contributed by atoms with Gasteiger partial charge < -0.3 is 10.2 Å². The summed E-state index contributed by atoms with van der Waals surface area (Å²) in [5.41, 5.74) is 0. The third kappa shape index (κ3) is 6.82. The lowest BCUT2D eigenvalue weighted by Gasteiger charge is -2.38. The number of likely N-dealkylation sites (N-methyl/N-ethyl adjacent to an activating group) is 1. The molecule has 1 saturated carbocycles. The van der Waals surface area contributed by atoms with Crippen molar-refractivity contribution in [2.75, 3.05) is 40.9 Å². The molecule has 0 aromatic rings. The first-order valence-corrected chi connectivity index (χ1v) is 10.8. The Morgan fingerprint density at radius 1 is 1.08 bits per heavy atom. The van der Waals surface area contributed by atoms with Gasteiger partial charge >= 0.3 is 0 Å². The fraction of sp³-hybridized carbons (Fsp3) is 1.00. The molecule has 0 aromatic carbocycles. The monoisotopic (exact) mass is 352 g/mol. The zero-order valence-electron chi connectivity index (χ0n) is 17.6. The van der Waals surface area contributed by atoms with Gasteiger partial charge in [-0.3, -0.25) is 10.2 Å². The molecule has 2 aliphatic rings. The maximum atomic E-state index is 3.70. The summed E-state index contributed by atoms with van der Waals surface area (Å²) in [7, 11) is 6.69. The van der Waals surface area contributed by atoms with Crippen LogP contribution in [-0.2, 0) is 0 Å². The summed E-state index contributed by atoms with van der Waals surface area (Å²) in [5.74, 6) is 1.76. The van der Waals surface area contributed by atoms with E-state index < -0.39 is 0 Å². The maximum Gasteiger partial charge on any atom is 0.0480 e. The van der Waals surface area contributed by atoms with Gasteiger partial charge in [-0.1, -0.05) is 20.3 Å². The van der Waals surface area contributed by atoms with E-state index in [0.717, 1.165) is 24.5 Å². The number of hydrogen-bond acceptors (Lipinski definition) is 4. The van der Waals surface area contributed by atoms with Crippen LogP contribution in [0.4, 0.5) is 0 Å². The van der Waals surface area contributed by atoms with Crippen molar-refractivity contribution >= 4 is 0 Å². The minimum Gasteiger partial charge on any atom is -0.315 e. The fourth-order valence-corrected chi connectivity index (χ4v) is 4.88. The van der Waals surface area contributed by atoms with Crippen LogP contribution >= 0.6 is 0 Å². The minimum absolute atomic E-state index is 0.680. The molecule has 0 spiro atoms. The Hall–Kier alpha value is -0.160. The van der Waals surface area contributed by atoms with E-state index >= 15 is 0 Å². The smallest absolute Gasteiger partial charge is 0.0480 e. The molecule has 2 N–H and O–H groups in total. The topological polar surface area (TPSA) is 30.5 Å². The highest BCUT2D eigenvalue weighted by Crippen LogP contribution is 2.28. The molecule has 0 bridgehead atoms. The zero-order chi connectivity index (χ0) is 18.2. The molecule has 25 heavy (non-hydrogen) atoms. The van der Waals surface area contributed by atoms with Gasteiger partial charge in [0.15, 0.2) is 0 Å². The highest BCUT2D eigenvalue weighted by atomic mass is 15.2. The van der Waals surface area contributed by atoms with Gasteiger partial charge in [0.25, 0.3) is 0 Å². The Kier molecular flexibility index (Phi) is 9.18. The predicted molar refractivity (Wildman–Crippen MR) is 109 cm³/mol. The number of hydrogen-bond donors (Lipinski definition) is 2. The molecule has 1 heterocycles. The largest absolute Gasteiger partial charge is 0.315 e. The van der Waals surface area contributed by atoms with Crippen molar-refractivity contribution in [2.45, 2.75) is 83.3 Å². The molecular weight excluding hydrogens is 308 g/mol. The Bertz CT molecular complexity index is 360. The Labute approximate surface area is 157 Å². The number of nitrogens with one attached hydrogen (secondary N) is 2. The lowest BCUT2D eigenvalue weighted by Crippen LogP contribution is -2.56. The highest BCUT2D eigenvalue weighted by Gasteiger charge is 2.28. The molecule has 1 saturated heterocycles. The summed E-state index contributed by atoms with van der Waals surface area (Å²) in [6, 6.07) is 2.16. The fourth-order valence-electron chi connectivity index (χ4n) is 4.88. The quantitative estimate of drug-likeness (QED) is 0.493. The molecule has 0 amide bonds. The molecule has 1 aliphatic carbocycles. The van der Waals surface area contributed by atoms with Crippen molar-refractivity contribution in [1.29, 1.82) is 0 Å². The first-order chi connectivity index (χ1) is 12.0. The van der Waals surface area contributed by atoms with Gasteiger partial charge in [-0.05, 0) is 91.0 Å². The van der Waals surface area contributed by atoms with Gasteiger partial charge in [-0.15, -0.1) is 0 Å². The summed E-state index contributed by atoms with van der Waals surface area (Å²) < 4.78 is 0. The molecule has 0 aromatic heterocycles. The first-order valence-electron chi connectivity index (χ1n) is 10.8. The molecule has 5 unspecified atom stereocenters. The van der Waals surface area contributed by atoms with Crippen LogP contribution in [0.15, 0.2) is 0 Å². The summed E-state index contributed by atoms with van der Waals surface area (Å²) in [6.45, 7) is 8.46. The average molecular weight is 353 g/mol. The van der Waals surface area contributed by atoms with Crippen LogP contribution in [-0.4, -0.2) is 68.8 Å². The third-order valence-corrected chi connectivity index (χ3v) is 6.76. The SMILES string of the molecule is CNC1CCC1NCN(C)CCCCC1C(C)CC(C)CCCN1C. The lowest BCUT2D eigenvalue weighted by molar-refractivity contribution is 0.127. The van der Waals surface area contributed by atoms with Crippen LogP contribution in [0.2, 0.25) is 0 Å². The van der Waals surface area contributed by atoms with Gasteiger partial charge in [0.2, 0.25) is 0 Å². The van der Waals surface area contributed by atoms with E-state index in [-0.39, 0.29) is 0 Å². The van der Waals surface area contributed by atoms with Crippen LogP contribution in [0.5, 0.6) is 0 Å². The Morgan fingerprint density at radius 3 is 2.52 bits per heavy atom. The van der Waals surface area contributed by atoms with Crippen molar-refractivity contribution < 1.29 is 0 Å². The van der Waals surface area contributed by atoms with Gasteiger partial charge in [0.1, 0.15) is 0 Å². The lowest BCUT2D eigenvalue weighted by atomic mass is 9.84. The number of rotatable bonds is 9. The first kappa shape index (κ1) is 21.1. The molecule has 2 fully saturated rings. The van der Waals surface area contributed by atoms with Gasteiger partial charge in [-0.2, -0.15) is 0 Å². The molecule has 4 nitrogen and oxygen atoms in total. The van der Waals surface area contributed by atoms with E-state index in [1.54, 1.807) is 0 Å². The molecule has 4 heteroatoms. The van der Waals surface area contributed by atoms with Crippen LogP contribution in [0.25, 0.3) is 0 Å². The van der Waals surface area contributed by atoms with Crippen molar-refractivity contribution in [3.63, 3.8) is 0 Å². The zero-order valence-corrected chi connectivity index (χ0v) is 17.6. The van der Waals surface area contributed by atoms with Gasteiger partial charge in [0, 0.05) is 24.8 Å².